The molecule has 0 heterocycles. The molecule has 1 aliphatic carbocycles. The van der Waals surface area contributed by atoms with E-state index < -0.39 is 17.4 Å². The van der Waals surface area contributed by atoms with Gasteiger partial charge in [-0.3, -0.25) is 4.79 Å². The highest BCUT2D eigenvalue weighted by molar-refractivity contribution is 5.91. The Balaban J connectivity index is 2.27. The van der Waals surface area contributed by atoms with Gasteiger partial charge in [0.15, 0.2) is 17.3 Å². The first-order chi connectivity index (χ1) is 10.9. The van der Waals surface area contributed by atoms with Crippen LogP contribution < -0.4 is 0 Å². The summed E-state index contributed by atoms with van der Waals surface area (Å²) in [5, 5.41) is 9.75. The molecule has 1 fully saturated rings. The number of ketones is 1. The molecule has 0 saturated heterocycles. The van der Waals surface area contributed by atoms with Crippen molar-refractivity contribution in [1.29, 1.82) is 0 Å². The maximum absolute atomic E-state index is 14.2. The lowest BCUT2D eigenvalue weighted by Crippen LogP contribution is -2.15. The van der Waals surface area contributed by atoms with Crippen LogP contribution in [0.3, 0.4) is 0 Å². The predicted octanol–water partition coefficient (Wildman–Crippen LogP) is 5.35. The number of halogens is 2. The minimum atomic E-state index is -1.22. The number of carbonyl (C=O) groups is 1. The minimum Gasteiger partial charge on any atom is -0.504 e. The average Bonchev–Trinajstić information content (AvgIpc) is 2.53. The highest BCUT2D eigenvalue weighted by atomic mass is 19.2. The van der Waals surface area contributed by atoms with Gasteiger partial charge in [-0.2, -0.15) is 4.39 Å². The molecule has 126 valence electrons. The van der Waals surface area contributed by atoms with Crippen molar-refractivity contribution in [3.63, 3.8) is 0 Å². The van der Waals surface area contributed by atoms with Crippen molar-refractivity contribution in [2.75, 3.05) is 0 Å². The fourth-order valence-electron chi connectivity index (χ4n) is 3.46. The lowest BCUT2D eigenvalue weighted by atomic mass is 9.77. The minimum absolute atomic E-state index is 0.0253. The summed E-state index contributed by atoms with van der Waals surface area (Å²) in [5.41, 5.74) is 0.475. The van der Waals surface area contributed by atoms with Gasteiger partial charge in [-0.05, 0) is 68.2 Å². The highest BCUT2D eigenvalue weighted by Gasteiger charge is 2.27. The van der Waals surface area contributed by atoms with E-state index in [1.54, 1.807) is 0 Å². The zero-order valence-corrected chi connectivity index (χ0v) is 13.7. The zero-order valence-electron chi connectivity index (χ0n) is 13.7. The molecule has 0 amide bonds. The number of aromatic hydroxyl groups is 1. The molecule has 1 saturated carbocycles. The van der Waals surface area contributed by atoms with Crippen LogP contribution >= 0.6 is 0 Å². The van der Waals surface area contributed by atoms with E-state index >= 15 is 0 Å². The summed E-state index contributed by atoms with van der Waals surface area (Å²) in [6.07, 6.45) is 8.64. The normalized spacial score (nSPS) is 21.7. The summed E-state index contributed by atoms with van der Waals surface area (Å²) < 4.78 is 28.2. The van der Waals surface area contributed by atoms with Gasteiger partial charge in [-0.1, -0.05) is 19.8 Å². The molecule has 0 unspecified atom stereocenters. The summed E-state index contributed by atoms with van der Waals surface area (Å²) in [4.78, 5) is 11.0. The van der Waals surface area contributed by atoms with Crippen molar-refractivity contribution in [3.05, 3.63) is 34.9 Å². The van der Waals surface area contributed by atoms with Gasteiger partial charge >= 0.3 is 0 Å². The van der Waals surface area contributed by atoms with Gasteiger partial charge in [0.1, 0.15) is 0 Å². The lowest BCUT2D eigenvalue weighted by molar-refractivity contribution is -0.112. The topological polar surface area (TPSA) is 37.3 Å². The highest BCUT2D eigenvalue weighted by Crippen LogP contribution is 2.41. The molecule has 23 heavy (non-hydrogen) atoms. The third kappa shape index (κ3) is 4.18. The molecular formula is C19H24F2O2. The van der Waals surface area contributed by atoms with Crippen molar-refractivity contribution in [2.24, 2.45) is 5.92 Å². The molecule has 0 aliphatic heterocycles. The van der Waals surface area contributed by atoms with Gasteiger partial charge in [0.2, 0.25) is 5.82 Å². The summed E-state index contributed by atoms with van der Waals surface area (Å²) in [6, 6.07) is 1.48. The standard InChI is InChI=1S/C19H24F2O2/c1-3-4-13-6-9-14(10-7-13)16-11-15(8-5-12(2)22)19(23)18(21)17(16)20/h5,8,11,13-14,23H,3-4,6-7,9-10H2,1-2H3/b8-5+. The number of benzene rings is 1. The summed E-state index contributed by atoms with van der Waals surface area (Å²) in [5.74, 6) is -2.47. The van der Waals surface area contributed by atoms with E-state index in [4.69, 9.17) is 0 Å². The van der Waals surface area contributed by atoms with E-state index in [2.05, 4.69) is 6.92 Å². The van der Waals surface area contributed by atoms with Gasteiger partial charge in [0.25, 0.3) is 0 Å². The molecule has 1 N–H and O–H groups in total. The second kappa shape index (κ2) is 7.71. The maximum atomic E-state index is 14.2. The molecule has 0 spiro atoms. The number of rotatable bonds is 5. The van der Waals surface area contributed by atoms with Crippen LogP contribution in [0.25, 0.3) is 6.08 Å². The molecule has 0 bridgehead atoms. The first-order valence-electron chi connectivity index (χ1n) is 8.33. The van der Waals surface area contributed by atoms with Crippen molar-refractivity contribution >= 4 is 11.9 Å². The van der Waals surface area contributed by atoms with E-state index in [1.165, 1.54) is 31.6 Å². The largest absolute Gasteiger partial charge is 0.504 e. The summed E-state index contributed by atoms with van der Waals surface area (Å²) >= 11 is 0. The van der Waals surface area contributed by atoms with E-state index in [0.717, 1.165) is 32.1 Å². The Morgan fingerprint density at radius 1 is 1.26 bits per heavy atom. The molecule has 1 aromatic carbocycles. The second-order valence-corrected chi connectivity index (χ2v) is 6.48. The Morgan fingerprint density at radius 2 is 1.91 bits per heavy atom. The molecule has 1 aliphatic rings. The second-order valence-electron chi connectivity index (χ2n) is 6.48. The fraction of sp³-hybridized carbons (Fsp3) is 0.526. The lowest BCUT2D eigenvalue weighted by Gasteiger charge is -2.29. The van der Waals surface area contributed by atoms with Crippen LogP contribution in [0.15, 0.2) is 12.1 Å². The SMILES string of the molecule is CCCC1CCC(c2cc(/C=C/C(C)=O)c(O)c(F)c2F)CC1. The quantitative estimate of drug-likeness (QED) is 0.742. The molecule has 0 radical (unpaired) electrons. The first kappa shape index (κ1) is 17.6. The number of carbonyl (C=O) groups excluding carboxylic acids is 1. The Morgan fingerprint density at radius 3 is 2.48 bits per heavy atom. The molecule has 2 rings (SSSR count). The van der Waals surface area contributed by atoms with Gasteiger partial charge in [-0.25, -0.2) is 4.39 Å². The van der Waals surface area contributed by atoms with Crippen LogP contribution in [0, 0.1) is 17.6 Å². The summed E-state index contributed by atoms with van der Waals surface area (Å²) in [6.45, 7) is 3.53. The Bertz CT molecular complexity index is 600. The van der Waals surface area contributed by atoms with Crippen molar-refractivity contribution in [3.8, 4) is 5.75 Å². The van der Waals surface area contributed by atoms with Crippen LogP contribution in [0.2, 0.25) is 0 Å². The van der Waals surface area contributed by atoms with Crippen LogP contribution in [-0.4, -0.2) is 10.9 Å². The fourth-order valence-corrected chi connectivity index (χ4v) is 3.46. The molecule has 0 aromatic heterocycles. The first-order valence-corrected chi connectivity index (χ1v) is 8.33. The van der Waals surface area contributed by atoms with Gasteiger partial charge in [-0.15, -0.1) is 0 Å². The Hall–Kier alpha value is -1.71. The number of phenols is 1. The van der Waals surface area contributed by atoms with Gasteiger partial charge in [0.05, 0.1) is 0 Å². The Labute approximate surface area is 136 Å². The Kier molecular flexibility index (Phi) is 5.91. The van der Waals surface area contributed by atoms with Crippen LogP contribution in [0.5, 0.6) is 5.75 Å². The number of hydrogen-bond acceptors (Lipinski definition) is 2. The van der Waals surface area contributed by atoms with Crippen molar-refractivity contribution in [1.82, 2.24) is 0 Å². The van der Waals surface area contributed by atoms with Gasteiger partial charge in [0, 0.05) is 5.56 Å². The molecular weight excluding hydrogens is 298 g/mol. The third-order valence-corrected chi connectivity index (χ3v) is 4.72. The molecule has 4 heteroatoms. The predicted molar refractivity (Wildman–Crippen MR) is 87.3 cm³/mol. The molecule has 2 nitrogen and oxygen atoms in total. The van der Waals surface area contributed by atoms with Crippen molar-refractivity contribution < 1.29 is 18.7 Å². The number of allylic oxidation sites excluding steroid dienone is 1. The maximum Gasteiger partial charge on any atom is 0.201 e. The van der Waals surface area contributed by atoms with Crippen LogP contribution in [0.1, 0.15) is 69.4 Å². The monoisotopic (exact) mass is 322 g/mol. The third-order valence-electron chi connectivity index (χ3n) is 4.72. The van der Waals surface area contributed by atoms with E-state index in [9.17, 15) is 18.7 Å². The van der Waals surface area contributed by atoms with Crippen LogP contribution in [0.4, 0.5) is 8.78 Å². The van der Waals surface area contributed by atoms with Crippen molar-refractivity contribution in [2.45, 2.75) is 58.3 Å². The zero-order chi connectivity index (χ0) is 17.0. The average molecular weight is 322 g/mol. The van der Waals surface area contributed by atoms with E-state index in [0.29, 0.717) is 11.5 Å². The smallest absolute Gasteiger partial charge is 0.201 e. The summed E-state index contributed by atoms with van der Waals surface area (Å²) in [7, 11) is 0. The van der Waals surface area contributed by atoms with E-state index in [1.807, 2.05) is 0 Å². The molecule has 0 atom stereocenters. The van der Waals surface area contributed by atoms with Crippen LogP contribution in [-0.2, 0) is 4.79 Å². The number of phenolic OH excluding ortho intramolecular Hbond substituents is 1. The van der Waals surface area contributed by atoms with Gasteiger partial charge < -0.3 is 5.11 Å². The number of hydrogen-bond donors (Lipinski definition) is 1. The molecule has 1 aromatic rings. The van der Waals surface area contributed by atoms with E-state index in [-0.39, 0.29) is 17.3 Å².